The first-order chi connectivity index (χ1) is 11.5. The molecular formula is C16H11FN4O3. The number of ether oxygens (including phenoxy) is 1. The van der Waals surface area contributed by atoms with Crippen LogP contribution in [0, 0.1) is 36.4 Å². The zero-order valence-corrected chi connectivity index (χ0v) is 12.6. The second-order valence-corrected chi connectivity index (χ2v) is 5.05. The molecule has 120 valence electrons. The smallest absolute Gasteiger partial charge is 0.265 e. The topological polar surface area (TPSA) is 91.4 Å². The Labute approximate surface area is 136 Å². The third-order valence-electron chi connectivity index (χ3n) is 3.58. The molecule has 2 heterocycles. The van der Waals surface area contributed by atoms with Crippen LogP contribution in [0.2, 0.25) is 0 Å². The fraction of sp³-hybridized carbons (Fsp3) is 0.188. The Bertz CT molecular complexity index is 936. The highest BCUT2D eigenvalue weighted by atomic mass is 19.1. The number of benzene rings is 1. The Morgan fingerprint density at radius 3 is 2.92 bits per heavy atom. The summed E-state index contributed by atoms with van der Waals surface area (Å²) in [5.41, 5.74) is 0.139. The number of amides is 1. The van der Waals surface area contributed by atoms with Crippen molar-refractivity contribution in [2.75, 3.05) is 18.1 Å². The van der Waals surface area contributed by atoms with Crippen molar-refractivity contribution in [3.05, 3.63) is 29.3 Å². The lowest BCUT2D eigenvalue weighted by molar-refractivity contribution is -0.121. The van der Waals surface area contributed by atoms with Crippen molar-refractivity contribution in [3.63, 3.8) is 0 Å². The molecular weight excluding hydrogens is 315 g/mol. The van der Waals surface area contributed by atoms with Crippen molar-refractivity contribution in [2.24, 2.45) is 0 Å². The molecule has 0 saturated carbocycles. The Kier molecular flexibility index (Phi) is 3.59. The molecule has 2 aromatic rings. The molecule has 0 fully saturated rings. The van der Waals surface area contributed by atoms with Crippen LogP contribution in [0.1, 0.15) is 11.4 Å². The maximum absolute atomic E-state index is 14.5. The molecule has 0 unspecified atom stereocenters. The standard InChI is InChI=1S/C16H11FN4O3/c1-3-4-20-12-6-11(10(17)5-14(12)24-8-15(20)22)21-13(7-18)16(23)9(2)19-21/h1,5-6,23H,4,8H2,2H3. The van der Waals surface area contributed by atoms with E-state index in [9.17, 15) is 19.6 Å². The van der Waals surface area contributed by atoms with Gasteiger partial charge in [0.1, 0.15) is 23.2 Å². The van der Waals surface area contributed by atoms with Crippen LogP contribution in [0.3, 0.4) is 0 Å². The van der Waals surface area contributed by atoms with Gasteiger partial charge < -0.3 is 9.84 Å². The monoisotopic (exact) mass is 326 g/mol. The quantitative estimate of drug-likeness (QED) is 0.839. The highest BCUT2D eigenvalue weighted by Gasteiger charge is 2.28. The van der Waals surface area contributed by atoms with Gasteiger partial charge >= 0.3 is 0 Å². The van der Waals surface area contributed by atoms with Gasteiger partial charge in [0.05, 0.1) is 12.2 Å². The minimum Gasteiger partial charge on any atom is -0.504 e. The van der Waals surface area contributed by atoms with Crippen molar-refractivity contribution in [1.82, 2.24) is 9.78 Å². The molecule has 0 spiro atoms. The normalized spacial score (nSPS) is 13.0. The summed E-state index contributed by atoms with van der Waals surface area (Å²) >= 11 is 0. The van der Waals surface area contributed by atoms with Gasteiger partial charge in [-0.1, -0.05) is 5.92 Å². The first-order valence-electron chi connectivity index (χ1n) is 6.87. The van der Waals surface area contributed by atoms with E-state index in [0.717, 1.165) is 10.7 Å². The van der Waals surface area contributed by atoms with Crippen molar-refractivity contribution in [1.29, 1.82) is 5.26 Å². The maximum Gasteiger partial charge on any atom is 0.265 e. The number of nitriles is 1. The first kappa shape index (κ1) is 15.4. The largest absolute Gasteiger partial charge is 0.504 e. The van der Waals surface area contributed by atoms with Gasteiger partial charge in [-0.25, -0.2) is 9.07 Å². The summed E-state index contributed by atoms with van der Waals surface area (Å²) in [7, 11) is 0. The number of terminal acetylenes is 1. The van der Waals surface area contributed by atoms with E-state index in [-0.39, 0.29) is 53.3 Å². The Balaban J connectivity index is 2.22. The first-order valence-corrected chi connectivity index (χ1v) is 6.87. The van der Waals surface area contributed by atoms with Crippen LogP contribution in [0.15, 0.2) is 12.1 Å². The fourth-order valence-corrected chi connectivity index (χ4v) is 2.43. The van der Waals surface area contributed by atoms with E-state index >= 15 is 0 Å². The van der Waals surface area contributed by atoms with E-state index in [2.05, 4.69) is 11.0 Å². The molecule has 8 heteroatoms. The number of halogens is 1. The van der Waals surface area contributed by atoms with Gasteiger partial charge in [0, 0.05) is 6.07 Å². The van der Waals surface area contributed by atoms with Crippen LogP contribution < -0.4 is 9.64 Å². The highest BCUT2D eigenvalue weighted by molar-refractivity contribution is 5.98. The van der Waals surface area contributed by atoms with Gasteiger partial charge in [0.2, 0.25) is 0 Å². The SMILES string of the molecule is C#CCN1C(=O)COc2cc(F)c(-n3nc(C)c(O)c3C#N)cc21. The number of nitrogens with zero attached hydrogens (tertiary/aromatic N) is 4. The number of carbonyl (C=O) groups is 1. The summed E-state index contributed by atoms with van der Waals surface area (Å²) < 4.78 is 20.7. The number of hydrogen-bond donors (Lipinski definition) is 1. The average Bonchev–Trinajstić information content (AvgIpc) is 2.84. The van der Waals surface area contributed by atoms with Crippen molar-refractivity contribution in [2.45, 2.75) is 6.92 Å². The van der Waals surface area contributed by atoms with E-state index in [1.54, 1.807) is 6.07 Å². The summed E-state index contributed by atoms with van der Waals surface area (Å²) in [6.07, 6.45) is 5.27. The van der Waals surface area contributed by atoms with Crippen LogP contribution in [0.25, 0.3) is 5.69 Å². The molecule has 0 radical (unpaired) electrons. The lowest BCUT2D eigenvalue weighted by atomic mass is 10.2. The number of anilines is 1. The predicted molar refractivity (Wildman–Crippen MR) is 81.3 cm³/mol. The van der Waals surface area contributed by atoms with Crippen LogP contribution in [0.4, 0.5) is 10.1 Å². The third kappa shape index (κ3) is 2.22. The Morgan fingerprint density at radius 1 is 1.50 bits per heavy atom. The molecule has 1 aliphatic rings. The van der Waals surface area contributed by atoms with Gasteiger partial charge in [-0.05, 0) is 13.0 Å². The molecule has 1 aromatic heterocycles. The van der Waals surface area contributed by atoms with E-state index in [0.29, 0.717) is 0 Å². The summed E-state index contributed by atoms with van der Waals surface area (Å²) in [6, 6.07) is 4.18. The van der Waals surface area contributed by atoms with Crippen molar-refractivity contribution >= 4 is 11.6 Å². The van der Waals surface area contributed by atoms with Gasteiger partial charge in [0.15, 0.2) is 23.9 Å². The summed E-state index contributed by atoms with van der Waals surface area (Å²) in [5, 5.41) is 23.0. The summed E-state index contributed by atoms with van der Waals surface area (Å²) in [5.74, 6) is 1.11. The van der Waals surface area contributed by atoms with Crippen LogP contribution in [0.5, 0.6) is 11.5 Å². The number of aromatic hydroxyl groups is 1. The number of aryl methyl sites for hydroxylation is 1. The number of carbonyl (C=O) groups excluding carboxylic acids is 1. The molecule has 24 heavy (non-hydrogen) atoms. The Morgan fingerprint density at radius 2 is 2.25 bits per heavy atom. The average molecular weight is 326 g/mol. The number of fused-ring (bicyclic) bond motifs is 1. The van der Waals surface area contributed by atoms with Crippen LogP contribution in [-0.2, 0) is 4.79 Å². The predicted octanol–water partition coefficient (Wildman–Crippen LogP) is 1.26. The molecule has 1 aromatic carbocycles. The van der Waals surface area contributed by atoms with Gasteiger partial charge in [-0.15, -0.1) is 6.42 Å². The van der Waals surface area contributed by atoms with E-state index in [4.69, 9.17) is 11.2 Å². The Hall–Kier alpha value is -3.52. The lowest BCUT2D eigenvalue weighted by Crippen LogP contribution is -2.39. The molecule has 0 atom stereocenters. The second-order valence-electron chi connectivity index (χ2n) is 5.05. The number of hydrogen-bond acceptors (Lipinski definition) is 5. The van der Waals surface area contributed by atoms with E-state index in [1.807, 2.05) is 0 Å². The van der Waals surface area contributed by atoms with Crippen molar-refractivity contribution in [3.8, 4) is 35.6 Å². The highest BCUT2D eigenvalue weighted by Crippen LogP contribution is 2.36. The fourth-order valence-electron chi connectivity index (χ4n) is 2.43. The number of rotatable bonds is 2. The molecule has 0 bridgehead atoms. The van der Waals surface area contributed by atoms with Crippen molar-refractivity contribution < 1.29 is 19.0 Å². The molecule has 0 saturated heterocycles. The van der Waals surface area contributed by atoms with E-state index in [1.165, 1.54) is 17.9 Å². The minimum atomic E-state index is -0.720. The van der Waals surface area contributed by atoms with Crippen LogP contribution in [-0.4, -0.2) is 33.9 Å². The zero-order chi connectivity index (χ0) is 17.4. The zero-order valence-electron chi connectivity index (χ0n) is 12.6. The van der Waals surface area contributed by atoms with Gasteiger partial charge in [-0.3, -0.25) is 9.69 Å². The molecule has 1 amide bonds. The second kappa shape index (κ2) is 5.60. The molecule has 1 N–H and O–H groups in total. The van der Waals surface area contributed by atoms with E-state index < -0.39 is 5.82 Å². The molecule has 0 aliphatic carbocycles. The summed E-state index contributed by atoms with van der Waals surface area (Å²) in [6.45, 7) is 1.24. The maximum atomic E-state index is 14.5. The molecule has 3 rings (SSSR count). The van der Waals surface area contributed by atoms with Crippen LogP contribution >= 0.6 is 0 Å². The molecule has 7 nitrogen and oxygen atoms in total. The third-order valence-corrected chi connectivity index (χ3v) is 3.58. The van der Waals surface area contributed by atoms with Gasteiger partial charge in [0.25, 0.3) is 5.91 Å². The lowest BCUT2D eigenvalue weighted by Gasteiger charge is -2.28. The summed E-state index contributed by atoms with van der Waals surface area (Å²) in [4.78, 5) is 13.2. The van der Waals surface area contributed by atoms with Gasteiger partial charge in [-0.2, -0.15) is 10.4 Å². The number of aromatic nitrogens is 2. The molecule has 1 aliphatic heterocycles. The minimum absolute atomic E-state index is 0.00520.